The topological polar surface area (TPSA) is 99.4 Å². The van der Waals surface area contributed by atoms with Gasteiger partial charge in [0.05, 0.1) is 5.41 Å². The Morgan fingerprint density at radius 1 is 1.42 bits per heavy atom. The fourth-order valence-corrected chi connectivity index (χ4v) is 3.20. The molecule has 1 saturated heterocycles. The molecule has 0 spiro atoms. The molecule has 0 saturated carbocycles. The van der Waals surface area contributed by atoms with Gasteiger partial charge < -0.3 is 14.4 Å². The number of nitrogens with zero attached hydrogens (tertiary/aromatic N) is 2. The molecule has 3 rings (SSSR count). The Hall–Kier alpha value is -2.57. The van der Waals surface area contributed by atoms with Gasteiger partial charge in [-0.15, -0.1) is 0 Å². The van der Waals surface area contributed by atoms with E-state index in [0.29, 0.717) is 24.4 Å². The van der Waals surface area contributed by atoms with Gasteiger partial charge in [-0.05, 0) is 31.4 Å². The maximum absolute atomic E-state index is 12.6. The van der Waals surface area contributed by atoms with Gasteiger partial charge in [0, 0.05) is 19.2 Å². The number of likely N-dealkylation sites (tertiary alicyclic amines) is 1. The van der Waals surface area contributed by atoms with Crippen molar-refractivity contribution < 1.29 is 19.1 Å². The third-order valence-corrected chi connectivity index (χ3v) is 4.92. The molecule has 24 heavy (non-hydrogen) atoms. The number of nitrogens with one attached hydrogen (secondary N) is 1. The van der Waals surface area contributed by atoms with E-state index in [-0.39, 0.29) is 24.1 Å². The molecule has 2 aromatic heterocycles. The monoisotopic (exact) mass is 331 g/mol. The van der Waals surface area contributed by atoms with Crippen LogP contribution in [-0.2, 0) is 4.79 Å². The maximum atomic E-state index is 12.6. The molecule has 0 aromatic carbocycles. The van der Waals surface area contributed by atoms with E-state index in [0.717, 1.165) is 5.76 Å². The maximum Gasteiger partial charge on any atom is 0.311 e. The van der Waals surface area contributed by atoms with E-state index in [1.807, 2.05) is 26.8 Å². The number of carbonyl (C=O) groups excluding carboxylic acids is 1. The average Bonchev–Trinajstić information content (AvgIpc) is 3.25. The number of carbonyl (C=O) groups is 2. The minimum atomic E-state index is -0.882. The molecule has 7 heteroatoms. The summed E-state index contributed by atoms with van der Waals surface area (Å²) < 4.78 is 5.51. The van der Waals surface area contributed by atoms with Crippen LogP contribution >= 0.6 is 0 Å². The molecule has 0 bridgehead atoms. The van der Waals surface area contributed by atoms with Gasteiger partial charge in [-0.3, -0.25) is 14.7 Å². The molecule has 3 heterocycles. The molecular formula is C17H21N3O4. The highest BCUT2D eigenvalue weighted by atomic mass is 16.4. The van der Waals surface area contributed by atoms with Crippen LogP contribution in [0.15, 0.2) is 22.6 Å². The van der Waals surface area contributed by atoms with Crippen LogP contribution in [-0.4, -0.2) is 45.2 Å². The Morgan fingerprint density at radius 3 is 2.71 bits per heavy atom. The van der Waals surface area contributed by atoms with Gasteiger partial charge in [0.2, 0.25) is 0 Å². The van der Waals surface area contributed by atoms with Crippen LogP contribution in [0, 0.1) is 18.3 Å². The normalized spacial score (nSPS) is 20.8. The minimum absolute atomic E-state index is 0.0476. The van der Waals surface area contributed by atoms with Crippen LogP contribution in [0.5, 0.6) is 0 Å². The first-order valence-electron chi connectivity index (χ1n) is 7.98. The zero-order valence-corrected chi connectivity index (χ0v) is 14.0. The molecular weight excluding hydrogens is 310 g/mol. The molecule has 1 fully saturated rings. The van der Waals surface area contributed by atoms with E-state index in [2.05, 4.69) is 10.2 Å². The van der Waals surface area contributed by atoms with E-state index in [4.69, 9.17) is 4.42 Å². The van der Waals surface area contributed by atoms with Crippen molar-refractivity contribution in [2.75, 3.05) is 13.1 Å². The van der Waals surface area contributed by atoms with Gasteiger partial charge in [-0.2, -0.15) is 5.10 Å². The van der Waals surface area contributed by atoms with E-state index in [1.54, 1.807) is 17.0 Å². The number of carboxylic acids is 1. The Labute approximate surface area is 139 Å². The zero-order chi connectivity index (χ0) is 17.5. The summed E-state index contributed by atoms with van der Waals surface area (Å²) in [7, 11) is 0. The van der Waals surface area contributed by atoms with Crippen LogP contribution in [0.3, 0.4) is 0 Å². The average molecular weight is 331 g/mol. The van der Waals surface area contributed by atoms with Crippen molar-refractivity contribution in [3.05, 3.63) is 29.7 Å². The lowest BCUT2D eigenvalue weighted by Gasteiger charge is -2.28. The zero-order valence-electron chi connectivity index (χ0n) is 14.0. The molecule has 7 nitrogen and oxygen atoms in total. The third-order valence-electron chi connectivity index (χ3n) is 4.92. The summed E-state index contributed by atoms with van der Waals surface area (Å²) in [6, 6.07) is 5.28. The van der Waals surface area contributed by atoms with Crippen LogP contribution in [0.1, 0.15) is 36.5 Å². The van der Waals surface area contributed by atoms with E-state index >= 15 is 0 Å². The molecule has 0 aliphatic carbocycles. The second-order valence-corrected chi connectivity index (χ2v) is 6.67. The molecule has 1 aliphatic heterocycles. The van der Waals surface area contributed by atoms with Crippen molar-refractivity contribution in [1.82, 2.24) is 15.1 Å². The predicted molar refractivity (Wildman–Crippen MR) is 86.5 cm³/mol. The number of aryl methyl sites for hydroxylation is 1. The van der Waals surface area contributed by atoms with Crippen molar-refractivity contribution in [3.63, 3.8) is 0 Å². The predicted octanol–water partition coefficient (Wildman–Crippen LogP) is 2.55. The molecule has 1 unspecified atom stereocenters. The highest BCUT2D eigenvalue weighted by molar-refractivity contribution is 5.94. The number of rotatable bonds is 4. The first-order valence-corrected chi connectivity index (χ1v) is 7.98. The quantitative estimate of drug-likeness (QED) is 0.897. The Bertz CT molecular complexity index is 776. The standard InChI is InChI=1S/C17H21N3O4/c1-10(2)17(16(22)23)6-7-20(9-17)15(21)13-8-12(18-19-13)14-5-4-11(3)24-14/h4-5,8,10H,6-7,9H2,1-3H3,(H,18,19)(H,22,23). The number of aromatic nitrogens is 2. The van der Waals surface area contributed by atoms with Gasteiger partial charge in [-0.1, -0.05) is 13.8 Å². The second-order valence-electron chi connectivity index (χ2n) is 6.67. The summed E-state index contributed by atoms with van der Waals surface area (Å²) in [5, 5.41) is 16.4. The van der Waals surface area contributed by atoms with Crippen molar-refractivity contribution in [2.45, 2.75) is 27.2 Å². The lowest BCUT2D eigenvalue weighted by Crippen LogP contribution is -2.40. The van der Waals surface area contributed by atoms with E-state index in [9.17, 15) is 14.7 Å². The van der Waals surface area contributed by atoms with Gasteiger partial charge in [0.15, 0.2) is 11.5 Å². The highest BCUT2D eigenvalue weighted by Crippen LogP contribution is 2.38. The van der Waals surface area contributed by atoms with Gasteiger partial charge in [0.1, 0.15) is 11.5 Å². The van der Waals surface area contributed by atoms with E-state index < -0.39 is 11.4 Å². The van der Waals surface area contributed by atoms with E-state index in [1.165, 1.54) is 0 Å². The minimum Gasteiger partial charge on any atom is -0.481 e. The lowest BCUT2D eigenvalue weighted by molar-refractivity contribution is -0.150. The van der Waals surface area contributed by atoms with Crippen LogP contribution in [0.2, 0.25) is 0 Å². The Kier molecular flexibility index (Phi) is 3.95. The first kappa shape index (κ1) is 16.3. The number of H-pyrrole nitrogens is 1. The molecule has 2 N–H and O–H groups in total. The van der Waals surface area contributed by atoms with Crippen molar-refractivity contribution in [1.29, 1.82) is 0 Å². The molecule has 0 radical (unpaired) electrons. The fraction of sp³-hybridized carbons (Fsp3) is 0.471. The van der Waals surface area contributed by atoms with Crippen LogP contribution in [0.4, 0.5) is 0 Å². The summed E-state index contributed by atoms with van der Waals surface area (Å²) >= 11 is 0. The summed E-state index contributed by atoms with van der Waals surface area (Å²) in [5.74, 6) is 0.234. The summed E-state index contributed by atoms with van der Waals surface area (Å²) in [4.78, 5) is 25.9. The van der Waals surface area contributed by atoms with Crippen LogP contribution < -0.4 is 0 Å². The van der Waals surface area contributed by atoms with Gasteiger partial charge in [-0.25, -0.2) is 0 Å². The van der Waals surface area contributed by atoms with Crippen molar-refractivity contribution in [3.8, 4) is 11.5 Å². The molecule has 2 aromatic rings. The van der Waals surface area contributed by atoms with Gasteiger partial charge >= 0.3 is 5.97 Å². The molecule has 1 amide bonds. The highest BCUT2D eigenvalue weighted by Gasteiger charge is 2.48. The lowest BCUT2D eigenvalue weighted by atomic mass is 9.76. The largest absolute Gasteiger partial charge is 0.481 e. The molecule has 1 aliphatic rings. The second kappa shape index (κ2) is 5.81. The smallest absolute Gasteiger partial charge is 0.311 e. The summed E-state index contributed by atoms with van der Waals surface area (Å²) in [6.45, 7) is 6.24. The summed E-state index contributed by atoms with van der Waals surface area (Å²) in [6.07, 6.45) is 0.459. The third kappa shape index (κ3) is 2.60. The fourth-order valence-electron chi connectivity index (χ4n) is 3.20. The Morgan fingerprint density at radius 2 is 2.17 bits per heavy atom. The van der Waals surface area contributed by atoms with Crippen LogP contribution in [0.25, 0.3) is 11.5 Å². The first-order chi connectivity index (χ1) is 11.3. The number of hydrogen-bond donors (Lipinski definition) is 2. The molecule has 128 valence electrons. The van der Waals surface area contributed by atoms with Crippen molar-refractivity contribution in [2.24, 2.45) is 11.3 Å². The number of carboxylic acid groups (broad SMARTS) is 1. The number of aromatic amines is 1. The molecule has 1 atom stereocenters. The SMILES string of the molecule is Cc1ccc(-c2cc(C(=O)N3CCC(C(=O)O)(C(C)C)C3)n[nH]2)o1. The number of hydrogen-bond acceptors (Lipinski definition) is 4. The van der Waals surface area contributed by atoms with Gasteiger partial charge in [0.25, 0.3) is 5.91 Å². The number of furan rings is 1. The number of aliphatic carboxylic acids is 1. The van der Waals surface area contributed by atoms with Crippen molar-refractivity contribution >= 4 is 11.9 Å². The number of amides is 1. The summed E-state index contributed by atoms with van der Waals surface area (Å²) in [5.41, 5.74) is 0.00965. The Balaban J connectivity index is 1.79.